The quantitative estimate of drug-likeness (QED) is 0.779. The van der Waals surface area contributed by atoms with Gasteiger partial charge >= 0.3 is 0 Å². The molecule has 84 valence electrons. The molecule has 0 radical (unpaired) electrons. The van der Waals surface area contributed by atoms with Crippen LogP contribution in [0.1, 0.15) is 39.4 Å². The van der Waals surface area contributed by atoms with Gasteiger partial charge in [0.25, 0.3) is 0 Å². The van der Waals surface area contributed by atoms with Crippen molar-refractivity contribution in [2.75, 3.05) is 6.54 Å². The molecule has 1 rings (SSSR count). The SMILES string of the molecule is Cc1c(C)c(C)c(C(N)CN)c(C)c1C. The van der Waals surface area contributed by atoms with Gasteiger partial charge in [0.05, 0.1) is 0 Å². The van der Waals surface area contributed by atoms with Crippen molar-refractivity contribution >= 4 is 0 Å². The molecule has 0 aliphatic heterocycles. The Balaban J connectivity index is 3.52. The molecule has 0 spiro atoms. The third-order valence-electron chi connectivity index (χ3n) is 3.68. The van der Waals surface area contributed by atoms with Gasteiger partial charge < -0.3 is 11.5 Å². The van der Waals surface area contributed by atoms with Crippen LogP contribution in [0.5, 0.6) is 0 Å². The number of hydrogen-bond donors (Lipinski definition) is 2. The molecule has 0 bridgehead atoms. The lowest BCUT2D eigenvalue weighted by atomic mass is 9.86. The second-order valence-corrected chi connectivity index (χ2v) is 4.38. The van der Waals surface area contributed by atoms with E-state index in [1.807, 2.05) is 0 Å². The molecule has 1 aromatic carbocycles. The molecule has 2 heteroatoms. The van der Waals surface area contributed by atoms with E-state index < -0.39 is 0 Å². The summed E-state index contributed by atoms with van der Waals surface area (Å²) in [5.74, 6) is 0. The summed E-state index contributed by atoms with van der Waals surface area (Å²) in [6.45, 7) is 11.3. The predicted molar refractivity (Wildman–Crippen MR) is 66.1 cm³/mol. The van der Waals surface area contributed by atoms with Crippen LogP contribution in [-0.2, 0) is 0 Å². The zero-order valence-electron chi connectivity index (χ0n) is 10.4. The van der Waals surface area contributed by atoms with Gasteiger partial charge in [0.1, 0.15) is 0 Å². The summed E-state index contributed by atoms with van der Waals surface area (Å²) >= 11 is 0. The molecule has 0 saturated heterocycles. The van der Waals surface area contributed by atoms with Gasteiger partial charge in [-0.3, -0.25) is 0 Å². The Kier molecular flexibility index (Phi) is 3.53. The van der Waals surface area contributed by atoms with E-state index in [9.17, 15) is 0 Å². The summed E-state index contributed by atoms with van der Waals surface area (Å²) in [5, 5.41) is 0. The van der Waals surface area contributed by atoms with E-state index >= 15 is 0 Å². The summed E-state index contributed by atoms with van der Waals surface area (Å²) in [7, 11) is 0. The van der Waals surface area contributed by atoms with Crippen molar-refractivity contribution in [3.8, 4) is 0 Å². The van der Waals surface area contributed by atoms with Crippen molar-refractivity contribution in [1.82, 2.24) is 0 Å². The Hall–Kier alpha value is -0.860. The van der Waals surface area contributed by atoms with Crippen molar-refractivity contribution in [2.45, 2.75) is 40.7 Å². The molecule has 0 saturated carbocycles. The Morgan fingerprint density at radius 2 is 1.13 bits per heavy atom. The Morgan fingerprint density at radius 1 is 0.800 bits per heavy atom. The average Bonchev–Trinajstić information content (AvgIpc) is 2.23. The first-order valence-electron chi connectivity index (χ1n) is 5.44. The normalized spacial score (nSPS) is 13.0. The highest BCUT2D eigenvalue weighted by molar-refractivity contribution is 5.50. The zero-order chi connectivity index (χ0) is 11.7. The zero-order valence-corrected chi connectivity index (χ0v) is 10.4. The molecule has 0 fully saturated rings. The Morgan fingerprint density at radius 3 is 1.47 bits per heavy atom. The molecule has 0 aromatic heterocycles. The van der Waals surface area contributed by atoms with E-state index in [-0.39, 0.29) is 6.04 Å². The van der Waals surface area contributed by atoms with Crippen LogP contribution in [0.15, 0.2) is 0 Å². The lowest BCUT2D eigenvalue weighted by Crippen LogP contribution is -2.23. The summed E-state index contributed by atoms with van der Waals surface area (Å²) in [6.07, 6.45) is 0. The smallest absolute Gasteiger partial charge is 0.0424 e. The number of nitrogens with two attached hydrogens (primary N) is 2. The Labute approximate surface area is 92.7 Å². The highest BCUT2D eigenvalue weighted by Gasteiger charge is 2.16. The minimum absolute atomic E-state index is 0.0389. The van der Waals surface area contributed by atoms with Gasteiger partial charge in [-0.25, -0.2) is 0 Å². The highest BCUT2D eigenvalue weighted by atomic mass is 14.7. The monoisotopic (exact) mass is 206 g/mol. The minimum Gasteiger partial charge on any atom is -0.329 e. The van der Waals surface area contributed by atoms with Crippen LogP contribution in [-0.4, -0.2) is 6.54 Å². The van der Waals surface area contributed by atoms with Crippen LogP contribution in [0.2, 0.25) is 0 Å². The van der Waals surface area contributed by atoms with Gasteiger partial charge in [0.2, 0.25) is 0 Å². The van der Waals surface area contributed by atoms with Crippen LogP contribution < -0.4 is 11.5 Å². The van der Waals surface area contributed by atoms with E-state index in [2.05, 4.69) is 34.6 Å². The molecular formula is C13H22N2. The van der Waals surface area contributed by atoms with Crippen LogP contribution in [0, 0.1) is 34.6 Å². The lowest BCUT2D eigenvalue weighted by Gasteiger charge is -2.22. The van der Waals surface area contributed by atoms with E-state index in [0.717, 1.165) is 0 Å². The van der Waals surface area contributed by atoms with Crippen molar-refractivity contribution in [1.29, 1.82) is 0 Å². The van der Waals surface area contributed by atoms with Gasteiger partial charge in [-0.2, -0.15) is 0 Å². The van der Waals surface area contributed by atoms with Crippen molar-refractivity contribution in [3.05, 3.63) is 33.4 Å². The summed E-state index contributed by atoms with van der Waals surface area (Å²) in [4.78, 5) is 0. The maximum atomic E-state index is 6.06. The van der Waals surface area contributed by atoms with Gasteiger partial charge in [0, 0.05) is 12.6 Å². The fraction of sp³-hybridized carbons (Fsp3) is 0.538. The summed E-state index contributed by atoms with van der Waals surface area (Å²) in [5.41, 5.74) is 19.6. The molecule has 0 aliphatic rings. The first-order chi connectivity index (χ1) is 6.91. The molecular weight excluding hydrogens is 184 g/mol. The second kappa shape index (κ2) is 4.33. The van der Waals surface area contributed by atoms with Crippen molar-refractivity contribution < 1.29 is 0 Å². The number of hydrogen-bond acceptors (Lipinski definition) is 2. The van der Waals surface area contributed by atoms with Crippen molar-refractivity contribution in [3.63, 3.8) is 0 Å². The number of benzene rings is 1. The second-order valence-electron chi connectivity index (χ2n) is 4.38. The lowest BCUT2D eigenvalue weighted by molar-refractivity contribution is 0.722. The number of rotatable bonds is 2. The topological polar surface area (TPSA) is 52.0 Å². The Bertz CT molecular complexity index is 352. The molecule has 0 heterocycles. The van der Waals surface area contributed by atoms with Gasteiger partial charge in [0.15, 0.2) is 0 Å². The maximum Gasteiger partial charge on any atom is 0.0424 e. The van der Waals surface area contributed by atoms with E-state index in [0.29, 0.717) is 6.54 Å². The van der Waals surface area contributed by atoms with Gasteiger partial charge in [-0.1, -0.05) is 0 Å². The van der Waals surface area contributed by atoms with Crippen LogP contribution >= 0.6 is 0 Å². The van der Waals surface area contributed by atoms with E-state index in [4.69, 9.17) is 11.5 Å². The summed E-state index contributed by atoms with van der Waals surface area (Å²) in [6, 6.07) is -0.0389. The fourth-order valence-electron chi connectivity index (χ4n) is 2.20. The standard InChI is InChI=1S/C13H22N2/c1-7-8(2)10(4)13(12(15)6-14)11(5)9(7)3/h12H,6,14-15H2,1-5H3. The van der Waals surface area contributed by atoms with Crippen LogP contribution in [0.4, 0.5) is 0 Å². The first-order valence-corrected chi connectivity index (χ1v) is 5.44. The molecule has 1 aromatic rings. The van der Waals surface area contributed by atoms with Crippen LogP contribution in [0.3, 0.4) is 0 Å². The van der Waals surface area contributed by atoms with Gasteiger partial charge in [-0.15, -0.1) is 0 Å². The molecule has 15 heavy (non-hydrogen) atoms. The van der Waals surface area contributed by atoms with E-state index in [1.54, 1.807) is 0 Å². The molecule has 0 amide bonds. The van der Waals surface area contributed by atoms with Crippen LogP contribution in [0.25, 0.3) is 0 Å². The predicted octanol–water partition coefficient (Wildman–Crippen LogP) is 2.19. The third-order valence-corrected chi connectivity index (χ3v) is 3.68. The summed E-state index contributed by atoms with van der Waals surface area (Å²) < 4.78 is 0. The molecule has 1 atom stereocenters. The molecule has 4 N–H and O–H groups in total. The maximum absolute atomic E-state index is 6.06. The first kappa shape index (κ1) is 12.2. The minimum atomic E-state index is -0.0389. The molecule has 2 nitrogen and oxygen atoms in total. The van der Waals surface area contributed by atoms with E-state index in [1.165, 1.54) is 33.4 Å². The highest BCUT2D eigenvalue weighted by Crippen LogP contribution is 2.28. The molecule has 0 aliphatic carbocycles. The fourth-order valence-corrected chi connectivity index (χ4v) is 2.20. The van der Waals surface area contributed by atoms with Crippen molar-refractivity contribution in [2.24, 2.45) is 11.5 Å². The molecule has 1 unspecified atom stereocenters. The van der Waals surface area contributed by atoms with Gasteiger partial charge in [-0.05, 0) is 68.0 Å². The third kappa shape index (κ3) is 1.92. The largest absolute Gasteiger partial charge is 0.329 e. The average molecular weight is 206 g/mol.